The van der Waals surface area contributed by atoms with Crippen molar-refractivity contribution >= 4 is 5.69 Å². The Bertz CT molecular complexity index is 315. The van der Waals surface area contributed by atoms with Crippen LogP contribution in [-0.4, -0.2) is 30.6 Å². The van der Waals surface area contributed by atoms with Gasteiger partial charge in [-0.2, -0.15) is 0 Å². The zero-order chi connectivity index (χ0) is 12.6. The van der Waals surface area contributed by atoms with Crippen molar-refractivity contribution in [1.29, 1.82) is 0 Å². The van der Waals surface area contributed by atoms with Crippen LogP contribution in [0.4, 0.5) is 5.69 Å². The highest BCUT2D eigenvalue weighted by Gasteiger charge is 2.14. The molecule has 1 saturated heterocycles. The Balaban J connectivity index is 1.77. The van der Waals surface area contributed by atoms with Crippen LogP contribution in [-0.2, 0) is 0 Å². The van der Waals surface area contributed by atoms with Crippen LogP contribution in [0.25, 0.3) is 0 Å². The van der Waals surface area contributed by atoms with E-state index in [0.29, 0.717) is 6.04 Å². The SMILES string of the molecule is CC(CNc1ccccc1)N1CCCCCCC1. The Labute approximate surface area is 111 Å². The molecule has 0 aliphatic carbocycles. The van der Waals surface area contributed by atoms with Gasteiger partial charge in [-0.3, -0.25) is 4.90 Å². The van der Waals surface area contributed by atoms with Crippen LogP contribution in [0.5, 0.6) is 0 Å². The molecule has 0 aromatic heterocycles. The van der Waals surface area contributed by atoms with Crippen LogP contribution >= 0.6 is 0 Å². The van der Waals surface area contributed by atoms with Gasteiger partial charge in [0.1, 0.15) is 0 Å². The lowest BCUT2D eigenvalue weighted by molar-refractivity contribution is 0.197. The van der Waals surface area contributed by atoms with E-state index in [1.165, 1.54) is 50.9 Å². The molecule has 1 heterocycles. The summed E-state index contributed by atoms with van der Waals surface area (Å²) in [7, 11) is 0. The monoisotopic (exact) mass is 246 g/mol. The van der Waals surface area contributed by atoms with E-state index >= 15 is 0 Å². The van der Waals surface area contributed by atoms with Crippen molar-refractivity contribution in [3.63, 3.8) is 0 Å². The van der Waals surface area contributed by atoms with Gasteiger partial charge in [-0.05, 0) is 45.0 Å². The van der Waals surface area contributed by atoms with Gasteiger partial charge >= 0.3 is 0 Å². The average molecular weight is 246 g/mol. The number of hydrogen-bond acceptors (Lipinski definition) is 2. The van der Waals surface area contributed by atoms with E-state index in [2.05, 4.69) is 47.5 Å². The summed E-state index contributed by atoms with van der Waals surface area (Å²) in [6, 6.07) is 11.1. The Morgan fingerprint density at radius 3 is 2.28 bits per heavy atom. The van der Waals surface area contributed by atoms with E-state index in [-0.39, 0.29) is 0 Å². The molecule has 1 unspecified atom stereocenters. The van der Waals surface area contributed by atoms with Crippen LogP contribution in [0.2, 0.25) is 0 Å². The van der Waals surface area contributed by atoms with Crippen LogP contribution in [0.15, 0.2) is 30.3 Å². The van der Waals surface area contributed by atoms with Gasteiger partial charge in [0.05, 0.1) is 0 Å². The third-order valence-electron chi connectivity index (χ3n) is 3.89. The van der Waals surface area contributed by atoms with E-state index in [1.54, 1.807) is 0 Å². The molecule has 1 atom stereocenters. The van der Waals surface area contributed by atoms with Gasteiger partial charge in [0.15, 0.2) is 0 Å². The van der Waals surface area contributed by atoms with Crippen LogP contribution < -0.4 is 5.32 Å². The predicted octanol–water partition coefficient (Wildman–Crippen LogP) is 3.75. The molecule has 1 aliphatic heterocycles. The minimum Gasteiger partial charge on any atom is -0.383 e. The molecule has 2 rings (SSSR count). The smallest absolute Gasteiger partial charge is 0.0340 e. The standard InChI is InChI=1S/C16H26N2/c1-15(14-17-16-10-6-5-7-11-16)18-12-8-3-2-4-9-13-18/h5-7,10-11,15,17H,2-4,8-9,12-14H2,1H3. The van der Waals surface area contributed by atoms with Crippen molar-refractivity contribution in [2.75, 3.05) is 25.0 Å². The first kappa shape index (κ1) is 13.4. The molecule has 1 aromatic rings. The summed E-state index contributed by atoms with van der Waals surface area (Å²) in [4.78, 5) is 2.65. The zero-order valence-corrected chi connectivity index (χ0v) is 11.6. The molecule has 2 heteroatoms. The molecule has 1 N–H and O–H groups in total. The Morgan fingerprint density at radius 2 is 1.61 bits per heavy atom. The van der Waals surface area contributed by atoms with Gasteiger partial charge < -0.3 is 5.32 Å². The summed E-state index contributed by atoms with van der Waals surface area (Å²) in [5, 5.41) is 3.54. The summed E-state index contributed by atoms with van der Waals surface area (Å²) >= 11 is 0. The van der Waals surface area contributed by atoms with Crippen LogP contribution in [0.1, 0.15) is 39.0 Å². The largest absolute Gasteiger partial charge is 0.383 e. The van der Waals surface area contributed by atoms with Crippen molar-refractivity contribution in [2.24, 2.45) is 0 Å². The van der Waals surface area contributed by atoms with Gasteiger partial charge in [0, 0.05) is 18.3 Å². The predicted molar refractivity (Wildman–Crippen MR) is 79.1 cm³/mol. The minimum atomic E-state index is 0.628. The summed E-state index contributed by atoms with van der Waals surface area (Å²) in [5.74, 6) is 0. The quantitative estimate of drug-likeness (QED) is 0.870. The Kier molecular flexibility index (Phi) is 5.53. The molecule has 0 radical (unpaired) electrons. The number of rotatable bonds is 4. The lowest BCUT2D eigenvalue weighted by atomic mass is 10.1. The van der Waals surface area contributed by atoms with E-state index in [4.69, 9.17) is 0 Å². The first-order chi connectivity index (χ1) is 8.86. The lowest BCUT2D eigenvalue weighted by Crippen LogP contribution is -2.39. The Morgan fingerprint density at radius 1 is 1.00 bits per heavy atom. The molecular formula is C16H26N2. The topological polar surface area (TPSA) is 15.3 Å². The third-order valence-corrected chi connectivity index (χ3v) is 3.89. The molecule has 0 saturated carbocycles. The number of benzene rings is 1. The van der Waals surface area contributed by atoms with Gasteiger partial charge in [0.25, 0.3) is 0 Å². The molecule has 0 amide bonds. The fourth-order valence-electron chi connectivity index (χ4n) is 2.66. The minimum absolute atomic E-state index is 0.628. The summed E-state index contributed by atoms with van der Waals surface area (Å²) in [6.07, 6.45) is 7.00. The maximum Gasteiger partial charge on any atom is 0.0340 e. The van der Waals surface area contributed by atoms with E-state index < -0.39 is 0 Å². The van der Waals surface area contributed by atoms with Crippen molar-refractivity contribution in [2.45, 2.75) is 45.1 Å². The normalized spacial score (nSPS) is 19.8. The number of para-hydroxylation sites is 1. The maximum absolute atomic E-state index is 3.54. The zero-order valence-electron chi connectivity index (χ0n) is 11.6. The van der Waals surface area contributed by atoms with Crippen molar-refractivity contribution in [3.05, 3.63) is 30.3 Å². The third kappa shape index (κ3) is 4.34. The second-order valence-corrected chi connectivity index (χ2v) is 5.40. The first-order valence-corrected chi connectivity index (χ1v) is 7.39. The molecule has 1 aliphatic rings. The lowest BCUT2D eigenvalue weighted by Gasteiger charge is -2.31. The summed E-state index contributed by atoms with van der Waals surface area (Å²) < 4.78 is 0. The highest BCUT2D eigenvalue weighted by molar-refractivity contribution is 5.42. The maximum atomic E-state index is 3.54. The molecule has 0 bridgehead atoms. The van der Waals surface area contributed by atoms with Gasteiger partial charge in [-0.25, -0.2) is 0 Å². The number of hydrogen-bond donors (Lipinski definition) is 1. The number of nitrogens with zero attached hydrogens (tertiary/aromatic N) is 1. The Hall–Kier alpha value is -1.02. The number of anilines is 1. The highest BCUT2D eigenvalue weighted by atomic mass is 15.2. The van der Waals surface area contributed by atoms with E-state index in [0.717, 1.165) is 6.54 Å². The number of likely N-dealkylation sites (tertiary alicyclic amines) is 1. The summed E-state index contributed by atoms with van der Waals surface area (Å²) in [5.41, 5.74) is 1.23. The first-order valence-electron chi connectivity index (χ1n) is 7.39. The van der Waals surface area contributed by atoms with E-state index in [9.17, 15) is 0 Å². The van der Waals surface area contributed by atoms with Crippen LogP contribution in [0, 0.1) is 0 Å². The van der Waals surface area contributed by atoms with E-state index in [1.807, 2.05) is 0 Å². The fourth-order valence-corrected chi connectivity index (χ4v) is 2.66. The molecule has 18 heavy (non-hydrogen) atoms. The second kappa shape index (κ2) is 7.42. The van der Waals surface area contributed by atoms with Gasteiger partial charge in [-0.1, -0.05) is 37.5 Å². The fraction of sp³-hybridized carbons (Fsp3) is 0.625. The summed E-state index contributed by atoms with van der Waals surface area (Å²) in [6.45, 7) is 5.94. The molecule has 100 valence electrons. The van der Waals surface area contributed by atoms with Crippen molar-refractivity contribution in [1.82, 2.24) is 4.90 Å². The van der Waals surface area contributed by atoms with Gasteiger partial charge in [-0.15, -0.1) is 0 Å². The molecule has 2 nitrogen and oxygen atoms in total. The van der Waals surface area contributed by atoms with Crippen LogP contribution in [0.3, 0.4) is 0 Å². The second-order valence-electron chi connectivity index (χ2n) is 5.40. The van der Waals surface area contributed by atoms with Crippen molar-refractivity contribution in [3.8, 4) is 0 Å². The van der Waals surface area contributed by atoms with Gasteiger partial charge in [0.2, 0.25) is 0 Å². The number of nitrogens with one attached hydrogen (secondary N) is 1. The molecular weight excluding hydrogens is 220 g/mol. The van der Waals surface area contributed by atoms with Crippen molar-refractivity contribution < 1.29 is 0 Å². The molecule has 1 fully saturated rings. The molecule has 1 aromatic carbocycles. The highest BCUT2D eigenvalue weighted by Crippen LogP contribution is 2.13. The average Bonchev–Trinajstić information content (AvgIpc) is 2.37. The molecule has 0 spiro atoms.